The number of benzene rings is 2. The van der Waals surface area contributed by atoms with Crippen molar-refractivity contribution >= 4 is 17.6 Å². The van der Waals surface area contributed by atoms with E-state index in [1.165, 1.54) is 72.7 Å². The second-order valence-corrected chi connectivity index (χ2v) is 7.74. The summed E-state index contributed by atoms with van der Waals surface area (Å²) >= 11 is 0. The molecule has 10 nitrogen and oxygen atoms in total. The maximum absolute atomic E-state index is 12.7. The number of nitrogens with one attached hydrogen (secondary N) is 2. The van der Waals surface area contributed by atoms with Gasteiger partial charge in [-0.15, -0.1) is 13.2 Å². The first-order chi connectivity index (χ1) is 19.1. The number of hydrogen-bond donors (Lipinski definition) is 2. The summed E-state index contributed by atoms with van der Waals surface area (Å²) in [7, 11) is 1.36. The summed E-state index contributed by atoms with van der Waals surface area (Å²) in [6.45, 7) is -3.06. The van der Waals surface area contributed by atoms with Crippen LogP contribution in [0.15, 0.2) is 77.9 Å². The Labute approximate surface area is 222 Å². The number of rotatable bonds is 10. The summed E-state index contributed by atoms with van der Waals surface area (Å²) in [6, 6.07) is 11.9. The van der Waals surface area contributed by atoms with Crippen LogP contribution in [0, 0.1) is 5.41 Å². The molecule has 0 fully saturated rings. The molecule has 0 aliphatic heterocycles. The topological polar surface area (TPSA) is 116 Å². The van der Waals surface area contributed by atoms with Crippen LogP contribution in [0.2, 0.25) is 0 Å². The third kappa shape index (κ3) is 6.61. The molecule has 0 aliphatic rings. The highest BCUT2D eigenvalue weighted by atomic mass is 19.4. The van der Waals surface area contributed by atoms with Crippen molar-refractivity contribution in [3.63, 3.8) is 0 Å². The standard InChI is InChI=1S/C25H19F5N6O4/c1-38-21-14-16(36-22(8-11-32-36)39-24(26)27)5-6-19(21)35-12-9-20(37)23(34-35)18(7-10-31)33-15-3-2-4-17(13-15)40-25(28,29)30/h2-14,24,31,33H,1H3/b18-7-,31-10?. The second-order valence-electron chi connectivity index (χ2n) is 7.74. The number of nitrogens with zero attached hydrogens (tertiary/aromatic N) is 4. The molecule has 0 amide bonds. The van der Waals surface area contributed by atoms with Crippen LogP contribution in [0.4, 0.5) is 27.6 Å². The van der Waals surface area contributed by atoms with Gasteiger partial charge in [-0.1, -0.05) is 6.07 Å². The zero-order valence-corrected chi connectivity index (χ0v) is 20.4. The van der Waals surface area contributed by atoms with Gasteiger partial charge in [0.1, 0.15) is 17.2 Å². The van der Waals surface area contributed by atoms with Gasteiger partial charge in [0.2, 0.25) is 11.3 Å². The molecule has 0 saturated heterocycles. The first-order valence-electron chi connectivity index (χ1n) is 11.2. The van der Waals surface area contributed by atoms with Gasteiger partial charge in [-0.05, 0) is 30.3 Å². The summed E-state index contributed by atoms with van der Waals surface area (Å²) in [4.78, 5) is 12.7. The first kappa shape index (κ1) is 27.8. The molecule has 0 bridgehead atoms. The fourth-order valence-electron chi connectivity index (χ4n) is 3.57. The van der Waals surface area contributed by atoms with Gasteiger partial charge in [0.05, 0.1) is 24.7 Å². The Morgan fingerprint density at radius 1 is 1.12 bits per heavy atom. The van der Waals surface area contributed by atoms with E-state index in [1.54, 1.807) is 0 Å². The Balaban J connectivity index is 1.69. The zero-order chi connectivity index (χ0) is 28.9. The second kappa shape index (κ2) is 11.7. The highest BCUT2D eigenvalue weighted by molar-refractivity contribution is 5.87. The Morgan fingerprint density at radius 3 is 2.62 bits per heavy atom. The van der Waals surface area contributed by atoms with Gasteiger partial charge in [-0.25, -0.2) is 9.36 Å². The average molecular weight is 562 g/mol. The third-order valence-corrected chi connectivity index (χ3v) is 5.13. The van der Waals surface area contributed by atoms with Crippen LogP contribution in [-0.4, -0.2) is 45.9 Å². The van der Waals surface area contributed by atoms with E-state index >= 15 is 0 Å². The van der Waals surface area contributed by atoms with Gasteiger partial charge in [0.15, 0.2) is 5.69 Å². The third-order valence-electron chi connectivity index (χ3n) is 5.13. The van der Waals surface area contributed by atoms with Crippen molar-refractivity contribution in [2.75, 3.05) is 12.4 Å². The summed E-state index contributed by atoms with van der Waals surface area (Å²) in [5.74, 6) is -0.472. The largest absolute Gasteiger partial charge is 0.573 e. The molecular weight excluding hydrogens is 543 g/mol. The van der Waals surface area contributed by atoms with Crippen LogP contribution >= 0.6 is 0 Å². The number of hydrogen-bond acceptors (Lipinski definition) is 8. The highest BCUT2D eigenvalue weighted by Gasteiger charge is 2.31. The molecule has 40 heavy (non-hydrogen) atoms. The van der Waals surface area contributed by atoms with E-state index in [-0.39, 0.29) is 28.7 Å². The minimum atomic E-state index is -4.90. The maximum atomic E-state index is 12.7. The lowest BCUT2D eigenvalue weighted by Crippen LogP contribution is -2.19. The number of allylic oxidation sites excluding steroid dienone is 1. The molecule has 208 valence electrons. The summed E-state index contributed by atoms with van der Waals surface area (Å²) in [5.41, 5.74) is 0.0913. The number of alkyl halides is 5. The van der Waals surface area contributed by atoms with Crippen molar-refractivity contribution in [3.8, 4) is 28.8 Å². The van der Waals surface area contributed by atoms with Crippen LogP contribution in [0.5, 0.6) is 17.4 Å². The summed E-state index contributed by atoms with van der Waals surface area (Å²) in [6.07, 6.45) is -0.195. The van der Waals surface area contributed by atoms with Gasteiger partial charge >= 0.3 is 13.0 Å². The van der Waals surface area contributed by atoms with Crippen molar-refractivity contribution in [1.29, 1.82) is 5.41 Å². The molecule has 4 rings (SSSR count). The van der Waals surface area contributed by atoms with E-state index in [0.717, 1.165) is 23.0 Å². The molecule has 2 N–H and O–H groups in total. The van der Waals surface area contributed by atoms with Crippen molar-refractivity contribution in [1.82, 2.24) is 19.6 Å². The lowest BCUT2D eigenvalue weighted by molar-refractivity contribution is -0.274. The molecule has 0 atom stereocenters. The lowest BCUT2D eigenvalue weighted by Gasteiger charge is -2.16. The summed E-state index contributed by atoms with van der Waals surface area (Å²) in [5, 5.41) is 18.6. The predicted molar refractivity (Wildman–Crippen MR) is 134 cm³/mol. The van der Waals surface area contributed by atoms with Gasteiger partial charge in [-0.3, -0.25) is 4.79 Å². The van der Waals surface area contributed by atoms with E-state index in [1.807, 2.05) is 0 Å². The number of halogens is 5. The molecule has 0 saturated carbocycles. The molecule has 0 spiro atoms. The minimum Gasteiger partial charge on any atom is -0.494 e. The Hall–Kier alpha value is -5.21. The van der Waals surface area contributed by atoms with Crippen molar-refractivity contribution in [3.05, 3.63) is 89.0 Å². The van der Waals surface area contributed by atoms with Gasteiger partial charge < -0.3 is 24.9 Å². The van der Waals surface area contributed by atoms with Crippen molar-refractivity contribution < 1.29 is 36.2 Å². The Bertz CT molecular complexity index is 1600. The van der Waals surface area contributed by atoms with Crippen LogP contribution in [0.1, 0.15) is 5.69 Å². The average Bonchev–Trinajstić information content (AvgIpc) is 3.35. The normalized spacial score (nSPS) is 11.8. The van der Waals surface area contributed by atoms with Crippen molar-refractivity contribution in [2.24, 2.45) is 0 Å². The SMILES string of the molecule is COc1cc(-n2nccc2OC(F)F)ccc1-n1ccc(=O)c(/C(=C/C=N)Nc2cccc(OC(F)(F)F)c2)n1. The Kier molecular flexibility index (Phi) is 8.12. The zero-order valence-electron chi connectivity index (χ0n) is 20.4. The fraction of sp³-hybridized carbons (Fsp3) is 0.120. The van der Waals surface area contributed by atoms with Crippen LogP contribution < -0.4 is 25.0 Å². The molecule has 2 aromatic carbocycles. The van der Waals surface area contributed by atoms with E-state index < -0.39 is 24.2 Å². The van der Waals surface area contributed by atoms with E-state index in [4.69, 9.17) is 10.1 Å². The van der Waals surface area contributed by atoms with Gasteiger partial charge in [0.25, 0.3) is 0 Å². The molecule has 0 radical (unpaired) electrons. The first-order valence-corrected chi connectivity index (χ1v) is 11.2. The van der Waals surface area contributed by atoms with Gasteiger partial charge in [-0.2, -0.15) is 19.0 Å². The summed E-state index contributed by atoms with van der Waals surface area (Å²) < 4.78 is 79.6. The number of ether oxygens (including phenoxy) is 3. The lowest BCUT2D eigenvalue weighted by atomic mass is 10.2. The van der Waals surface area contributed by atoms with E-state index in [9.17, 15) is 26.7 Å². The van der Waals surface area contributed by atoms with Crippen LogP contribution in [-0.2, 0) is 0 Å². The molecular formula is C25H19F5N6O4. The maximum Gasteiger partial charge on any atom is 0.573 e. The smallest absolute Gasteiger partial charge is 0.494 e. The van der Waals surface area contributed by atoms with E-state index in [0.29, 0.717) is 11.4 Å². The number of methoxy groups -OCH3 is 1. The van der Waals surface area contributed by atoms with Gasteiger partial charge in [0, 0.05) is 42.4 Å². The van der Waals surface area contributed by atoms with Crippen molar-refractivity contribution in [2.45, 2.75) is 13.0 Å². The monoisotopic (exact) mass is 562 g/mol. The quantitative estimate of drug-likeness (QED) is 0.206. The Morgan fingerprint density at radius 2 is 1.93 bits per heavy atom. The number of aromatic nitrogens is 4. The minimum absolute atomic E-state index is 0.0134. The predicted octanol–water partition coefficient (Wildman–Crippen LogP) is 5.03. The molecule has 4 aromatic rings. The van der Waals surface area contributed by atoms with Crippen LogP contribution in [0.3, 0.4) is 0 Å². The molecule has 0 aliphatic carbocycles. The fourth-order valence-corrected chi connectivity index (χ4v) is 3.57. The van der Waals surface area contributed by atoms with E-state index in [2.05, 4.69) is 25.0 Å². The molecule has 0 unspecified atom stereocenters. The molecule has 2 aromatic heterocycles. The molecule has 15 heteroatoms. The highest BCUT2D eigenvalue weighted by Crippen LogP contribution is 2.29. The molecule has 2 heterocycles. The number of anilines is 1. The van der Waals surface area contributed by atoms with Crippen LogP contribution in [0.25, 0.3) is 17.1 Å².